The highest BCUT2D eigenvalue weighted by molar-refractivity contribution is 8.03. The summed E-state index contributed by atoms with van der Waals surface area (Å²) in [6, 6.07) is 7.13. The largest absolute Gasteiger partial charge is 0.489 e. The van der Waals surface area contributed by atoms with E-state index in [-0.39, 0.29) is 10.1 Å². The van der Waals surface area contributed by atoms with E-state index in [1.165, 1.54) is 6.08 Å². The lowest BCUT2D eigenvalue weighted by molar-refractivity contribution is -0.131. The van der Waals surface area contributed by atoms with E-state index in [0.717, 1.165) is 11.8 Å². The van der Waals surface area contributed by atoms with Crippen molar-refractivity contribution in [3.05, 3.63) is 53.3 Å². The molecule has 114 valence electrons. The Balaban J connectivity index is 2.29. The van der Waals surface area contributed by atoms with E-state index in [9.17, 15) is 9.90 Å². The van der Waals surface area contributed by atoms with Crippen LogP contribution in [0.2, 0.25) is 0 Å². The predicted octanol–water partition coefficient (Wildman–Crippen LogP) is 3.16. The number of hydrogen-bond donors (Lipinski definition) is 1. The number of hydrogen-bond acceptors (Lipinski definition) is 6. The third-order valence-corrected chi connectivity index (χ3v) is 3.33. The molecule has 0 aliphatic heterocycles. The Kier molecular flexibility index (Phi) is 5.37. The number of aromatic nitrogens is 2. The van der Waals surface area contributed by atoms with E-state index in [1.807, 2.05) is 6.07 Å². The van der Waals surface area contributed by atoms with Crippen LogP contribution in [0.5, 0.6) is 5.75 Å². The van der Waals surface area contributed by atoms with E-state index >= 15 is 0 Å². The van der Waals surface area contributed by atoms with Gasteiger partial charge >= 0.3 is 5.97 Å². The fourth-order valence-corrected chi connectivity index (χ4v) is 2.27. The van der Waals surface area contributed by atoms with Gasteiger partial charge in [0.25, 0.3) is 5.22 Å². The minimum atomic E-state index is -1.08. The monoisotopic (exact) mass is 318 g/mol. The molecule has 0 radical (unpaired) electrons. The number of nitrogens with zero attached hydrogens (tertiary/aromatic N) is 2. The highest BCUT2D eigenvalue weighted by Crippen LogP contribution is 2.30. The molecule has 6 nitrogen and oxygen atoms in total. The molecule has 0 atom stereocenters. The topological polar surface area (TPSA) is 85.5 Å². The first-order chi connectivity index (χ1) is 10.6. The summed E-state index contributed by atoms with van der Waals surface area (Å²) in [4.78, 5) is 11.5. The van der Waals surface area contributed by atoms with E-state index in [0.29, 0.717) is 23.8 Å². The van der Waals surface area contributed by atoms with Crippen molar-refractivity contribution in [1.82, 2.24) is 10.2 Å². The van der Waals surface area contributed by atoms with Crippen LogP contribution < -0.4 is 4.74 Å². The van der Waals surface area contributed by atoms with Crippen molar-refractivity contribution in [2.24, 2.45) is 0 Å². The molecule has 0 unspecified atom stereocenters. The van der Waals surface area contributed by atoms with Crippen molar-refractivity contribution >= 4 is 23.8 Å². The summed E-state index contributed by atoms with van der Waals surface area (Å²) in [6.07, 6.45) is 3.12. The van der Waals surface area contributed by atoms with Crippen LogP contribution in [0.1, 0.15) is 11.5 Å². The van der Waals surface area contributed by atoms with Gasteiger partial charge in [-0.1, -0.05) is 30.9 Å². The van der Waals surface area contributed by atoms with Gasteiger partial charge in [0.2, 0.25) is 5.89 Å². The van der Waals surface area contributed by atoms with Gasteiger partial charge in [-0.2, -0.15) is 0 Å². The summed E-state index contributed by atoms with van der Waals surface area (Å²) in [5.41, 5.74) is 0.644. The molecule has 0 spiro atoms. The van der Waals surface area contributed by atoms with E-state index in [1.54, 1.807) is 31.2 Å². The Morgan fingerprint density at radius 1 is 1.45 bits per heavy atom. The molecule has 1 aromatic heterocycles. The standard InChI is InChI=1S/C15H14N2O4S/c1-3-8-20-12-7-5-4-6-11(12)9-13(14(18)19)22-15-17-16-10(2)21-15/h3-7,9H,1,8H2,2H3,(H,18,19)/b13-9-. The SMILES string of the molecule is C=CCOc1ccccc1/C=C(\Sc1nnc(C)o1)C(=O)O. The normalized spacial score (nSPS) is 11.2. The second-order valence-corrected chi connectivity index (χ2v) is 5.13. The number of carboxylic acids is 1. The van der Waals surface area contributed by atoms with Crippen LogP contribution in [0.3, 0.4) is 0 Å². The van der Waals surface area contributed by atoms with Gasteiger partial charge in [-0.05, 0) is 23.9 Å². The second kappa shape index (κ2) is 7.46. The fraction of sp³-hybridized carbons (Fsp3) is 0.133. The summed E-state index contributed by atoms with van der Waals surface area (Å²) in [7, 11) is 0. The second-order valence-electron chi connectivity index (χ2n) is 4.14. The van der Waals surface area contributed by atoms with Gasteiger partial charge in [0.05, 0.1) is 0 Å². The molecule has 0 aliphatic carbocycles. The first kappa shape index (κ1) is 15.8. The highest BCUT2D eigenvalue weighted by Gasteiger charge is 2.15. The molecule has 0 aliphatic rings. The highest BCUT2D eigenvalue weighted by atomic mass is 32.2. The zero-order valence-corrected chi connectivity index (χ0v) is 12.7. The molecule has 0 saturated carbocycles. The molecule has 7 heteroatoms. The number of para-hydroxylation sites is 1. The molecular weight excluding hydrogens is 304 g/mol. The van der Waals surface area contributed by atoms with Gasteiger partial charge < -0.3 is 14.3 Å². The number of aryl methyl sites for hydroxylation is 1. The van der Waals surface area contributed by atoms with Crippen molar-refractivity contribution in [3.8, 4) is 5.75 Å². The molecule has 0 bridgehead atoms. The van der Waals surface area contributed by atoms with E-state index < -0.39 is 5.97 Å². The van der Waals surface area contributed by atoms with Crippen molar-refractivity contribution in [2.45, 2.75) is 12.1 Å². The van der Waals surface area contributed by atoms with Gasteiger partial charge in [0, 0.05) is 12.5 Å². The number of carboxylic acid groups (broad SMARTS) is 1. The first-order valence-electron chi connectivity index (χ1n) is 6.36. The van der Waals surface area contributed by atoms with Crippen LogP contribution >= 0.6 is 11.8 Å². The number of benzene rings is 1. The summed E-state index contributed by atoms with van der Waals surface area (Å²) < 4.78 is 10.7. The number of ether oxygens (including phenoxy) is 1. The third kappa shape index (κ3) is 4.23. The maximum atomic E-state index is 11.4. The molecule has 1 N–H and O–H groups in total. The summed E-state index contributed by atoms with van der Waals surface area (Å²) in [6.45, 7) is 5.56. The Bertz CT molecular complexity index is 709. The summed E-state index contributed by atoms with van der Waals surface area (Å²) >= 11 is 0.891. The van der Waals surface area contributed by atoms with Crippen LogP contribution in [0.15, 0.2) is 51.5 Å². The Hall–Kier alpha value is -2.54. The molecule has 1 heterocycles. The van der Waals surface area contributed by atoms with Gasteiger partial charge in [0.1, 0.15) is 17.3 Å². The van der Waals surface area contributed by atoms with Crippen LogP contribution in [-0.2, 0) is 4.79 Å². The predicted molar refractivity (Wildman–Crippen MR) is 82.6 cm³/mol. The van der Waals surface area contributed by atoms with Crippen molar-refractivity contribution in [2.75, 3.05) is 6.61 Å². The van der Waals surface area contributed by atoms with Crippen LogP contribution in [0.25, 0.3) is 6.08 Å². The number of rotatable bonds is 7. The third-order valence-electron chi connectivity index (χ3n) is 2.48. The Labute approximate surface area is 131 Å². The molecule has 1 aromatic carbocycles. The molecule has 2 aromatic rings. The van der Waals surface area contributed by atoms with Crippen LogP contribution in [0, 0.1) is 6.92 Å². The Morgan fingerprint density at radius 3 is 2.86 bits per heavy atom. The lowest BCUT2D eigenvalue weighted by Crippen LogP contribution is -1.99. The average Bonchev–Trinajstić information content (AvgIpc) is 2.90. The zero-order valence-electron chi connectivity index (χ0n) is 11.9. The van der Waals surface area contributed by atoms with Gasteiger partial charge in [-0.25, -0.2) is 4.79 Å². The molecular formula is C15H14N2O4S. The molecule has 0 amide bonds. The molecule has 22 heavy (non-hydrogen) atoms. The average molecular weight is 318 g/mol. The number of carbonyl (C=O) groups is 1. The van der Waals surface area contributed by atoms with Crippen LogP contribution in [0.4, 0.5) is 0 Å². The summed E-state index contributed by atoms with van der Waals surface area (Å²) in [5, 5.41) is 17.0. The lowest BCUT2D eigenvalue weighted by Gasteiger charge is -2.07. The number of aliphatic carboxylic acids is 1. The van der Waals surface area contributed by atoms with Crippen molar-refractivity contribution in [1.29, 1.82) is 0 Å². The maximum absolute atomic E-state index is 11.4. The minimum absolute atomic E-state index is 0.0540. The van der Waals surface area contributed by atoms with E-state index in [2.05, 4.69) is 16.8 Å². The molecule has 2 rings (SSSR count). The van der Waals surface area contributed by atoms with Gasteiger partial charge in [-0.15, -0.1) is 10.2 Å². The van der Waals surface area contributed by atoms with Crippen molar-refractivity contribution in [3.63, 3.8) is 0 Å². The minimum Gasteiger partial charge on any atom is -0.489 e. The number of thioether (sulfide) groups is 1. The first-order valence-corrected chi connectivity index (χ1v) is 7.17. The van der Waals surface area contributed by atoms with Gasteiger partial charge in [-0.3, -0.25) is 0 Å². The quantitative estimate of drug-likeness (QED) is 0.477. The maximum Gasteiger partial charge on any atom is 0.342 e. The lowest BCUT2D eigenvalue weighted by atomic mass is 10.2. The van der Waals surface area contributed by atoms with E-state index in [4.69, 9.17) is 9.15 Å². The smallest absolute Gasteiger partial charge is 0.342 e. The zero-order chi connectivity index (χ0) is 15.9. The van der Waals surface area contributed by atoms with Crippen molar-refractivity contribution < 1.29 is 19.1 Å². The fourth-order valence-electron chi connectivity index (χ4n) is 1.57. The summed E-state index contributed by atoms with van der Waals surface area (Å²) in [5.74, 6) is -0.134. The van der Waals surface area contributed by atoms with Gasteiger partial charge in [0.15, 0.2) is 0 Å². The van der Waals surface area contributed by atoms with Crippen LogP contribution in [-0.4, -0.2) is 27.9 Å². The Morgan fingerprint density at radius 2 is 2.23 bits per heavy atom. The molecule has 0 fully saturated rings. The molecule has 0 saturated heterocycles.